The fourth-order valence-electron chi connectivity index (χ4n) is 2.84. The average Bonchev–Trinajstić information content (AvgIpc) is 3.16. The van der Waals surface area contributed by atoms with Crippen molar-refractivity contribution in [2.75, 3.05) is 19.5 Å². The summed E-state index contributed by atoms with van der Waals surface area (Å²) < 4.78 is 23.5. The van der Waals surface area contributed by atoms with Crippen LogP contribution in [-0.4, -0.2) is 31.9 Å². The van der Waals surface area contributed by atoms with Gasteiger partial charge in [-0.15, -0.1) is 11.3 Å². The van der Waals surface area contributed by atoms with Gasteiger partial charge in [-0.2, -0.15) is 0 Å². The zero-order valence-corrected chi connectivity index (χ0v) is 19.3. The summed E-state index contributed by atoms with van der Waals surface area (Å²) in [5.41, 5.74) is 5.60. The number of rotatable bonds is 6. The zero-order valence-electron chi connectivity index (χ0n) is 17.7. The van der Waals surface area contributed by atoms with Crippen molar-refractivity contribution in [3.05, 3.63) is 74.9 Å². The van der Waals surface area contributed by atoms with Gasteiger partial charge in [0, 0.05) is 5.56 Å². The summed E-state index contributed by atoms with van der Waals surface area (Å²) >= 11 is 6.93. The number of anilines is 1. The maximum absolute atomic E-state index is 13.2. The number of hydrogen-bond acceptors (Lipinski definition) is 6. The lowest BCUT2D eigenvalue weighted by Crippen LogP contribution is -2.41. The van der Waals surface area contributed by atoms with Crippen LogP contribution in [0, 0.1) is 12.7 Å². The second kappa shape index (κ2) is 10.3. The summed E-state index contributed by atoms with van der Waals surface area (Å²) in [6.45, 7) is 1.68. The number of thiophene rings is 1. The standard InChI is InChI=1S/C22H19ClFN3O5S/c1-11-8-18(25-21(29)14-6-5-13(24)10-15(14)23)33-19(11)22(30)27-26-20(28)12-4-7-16(31-2)17(9-12)32-3/h4-10H,1-3H3,(H,25,29)(H,26,28)(H,27,30). The fraction of sp³-hybridized carbons (Fsp3) is 0.136. The molecular weight excluding hydrogens is 473 g/mol. The van der Waals surface area contributed by atoms with E-state index in [0.29, 0.717) is 22.1 Å². The molecule has 11 heteroatoms. The molecule has 0 bridgehead atoms. The minimum atomic E-state index is -0.563. The van der Waals surface area contributed by atoms with Gasteiger partial charge < -0.3 is 14.8 Å². The summed E-state index contributed by atoms with van der Waals surface area (Å²) in [4.78, 5) is 37.6. The first kappa shape index (κ1) is 24.0. The van der Waals surface area contributed by atoms with Gasteiger partial charge in [-0.05, 0) is 55.0 Å². The Morgan fingerprint density at radius 3 is 2.27 bits per heavy atom. The molecule has 0 aliphatic rings. The molecule has 0 saturated carbocycles. The van der Waals surface area contributed by atoms with E-state index in [2.05, 4.69) is 16.2 Å². The number of hydrogen-bond donors (Lipinski definition) is 3. The average molecular weight is 492 g/mol. The van der Waals surface area contributed by atoms with Crippen molar-refractivity contribution in [3.63, 3.8) is 0 Å². The molecule has 0 aliphatic heterocycles. The van der Waals surface area contributed by atoms with E-state index in [1.54, 1.807) is 19.1 Å². The molecule has 1 aromatic heterocycles. The molecule has 0 radical (unpaired) electrons. The predicted molar refractivity (Wildman–Crippen MR) is 123 cm³/mol. The first-order valence-electron chi connectivity index (χ1n) is 9.43. The highest BCUT2D eigenvalue weighted by Crippen LogP contribution is 2.29. The molecule has 0 saturated heterocycles. The Labute approximate surface area is 197 Å². The second-order valence-corrected chi connectivity index (χ2v) is 8.14. The molecule has 172 valence electrons. The Morgan fingerprint density at radius 2 is 1.61 bits per heavy atom. The largest absolute Gasteiger partial charge is 0.493 e. The molecule has 0 spiro atoms. The van der Waals surface area contributed by atoms with Crippen LogP contribution in [0.25, 0.3) is 0 Å². The van der Waals surface area contributed by atoms with Crippen LogP contribution in [0.2, 0.25) is 5.02 Å². The molecule has 1 heterocycles. The number of aryl methyl sites for hydroxylation is 1. The Hall–Kier alpha value is -3.63. The molecule has 0 fully saturated rings. The van der Waals surface area contributed by atoms with Crippen LogP contribution in [0.3, 0.4) is 0 Å². The van der Waals surface area contributed by atoms with Crippen LogP contribution < -0.4 is 25.6 Å². The Balaban J connectivity index is 1.65. The first-order chi connectivity index (χ1) is 15.7. The third kappa shape index (κ3) is 5.60. The normalized spacial score (nSPS) is 10.3. The quantitative estimate of drug-likeness (QED) is 0.448. The lowest BCUT2D eigenvalue weighted by atomic mass is 10.2. The van der Waals surface area contributed by atoms with E-state index >= 15 is 0 Å². The van der Waals surface area contributed by atoms with Crippen molar-refractivity contribution in [1.82, 2.24) is 10.9 Å². The Bertz CT molecular complexity index is 1230. The van der Waals surface area contributed by atoms with E-state index in [-0.39, 0.29) is 21.0 Å². The van der Waals surface area contributed by atoms with Gasteiger partial charge in [-0.25, -0.2) is 4.39 Å². The monoisotopic (exact) mass is 491 g/mol. The van der Waals surface area contributed by atoms with Gasteiger partial charge in [0.2, 0.25) is 0 Å². The highest BCUT2D eigenvalue weighted by Gasteiger charge is 2.18. The SMILES string of the molecule is COc1ccc(C(=O)NNC(=O)c2sc(NC(=O)c3ccc(F)cc3Cl)cc2C)cc1OC. The molecular formula is C22H19ClFN3O5S. The first-order valence-corrected chi connectivity index (χ1v) is 10.6. The van der Waals surface area contributed by atoms with Crippen molar-refractivity contribution >= 4 is 45.7 Å². The van der Waals surface area contributed by atoms with Gasteiger partial charge in [-0.1, -0.05) is 11.6 Å². The topological polar surface area (TPSA) is 106 Å². The van der Waals surface area contributed by atoms with Crippen molar-refractivity contribution in [1.29, 1.82) is 0 Å². The van der Waals surface area contributed by atoms with Gasteiger partial charge in [0.1, 0.15) is 5.82 Å². The van der Waals surface area contributed by atoms with Crippen LogP contribution in [0.5, 0.6) is 11.5 Å². The summed E-state index contributed by atoms with van der Waals surface area (Å²) in [5.74, 6) is -1.40. The van der Waals surface area contributed by atoms with E-state index in [9.17, 15) is 18.8 Å². The maximum atomic E-state index is 13.2. The summed E-state index contributed by atoms with van der Waals surface area (Å²) in [5, 5.41) is 2.98. The van der Waals surface area contributed by atoms with E-state index < -0.39 is 23.5 Å². The molecule has 0 aliphatic carbocycles. The third-order valence-corrected chi connectivity index (χ3v) is 5.94. The number of carbonyl (C=O) groups is 3. The minimum Gasteiger partial charge on any atom is -0.493 e. The number of ether oxygens (including phenoxy) is 2. The van der Waals surface area contributed by atoms with E-state index in [0.717, 1.165) is 23.5 Å². The molecule has 33 heavy (non-hydrogen) atoms. The van der Waals surface area contributed by atoms with Crippen LogP contribution in [0.1, 0.15) is 36.0 Å². The predicted octanol–water partition coefficient (Wildman–Crippen LogP) is 4.19. The lowest BCUT2D eigenvalue weighted by Gasteiger charge is -2.10. The number of benzene rings is 2. The van der Waals surface area contributed by atoms with Crippen LogP contribution in [-0.2, 0) is 0 Å². The zero-order chi connectivity index (χ0) is 24.1. The number of carbonyl (C=O) groups excluding carboxylic acids is 3. The van der Waals surface area contributed by atoms with E-state index in [1.165, 1.54) is 32.4 Å². The highest BCUT2D eigenvalue weighted by molar-refractivity contribution is 7.18. The minimum absolute atomic E-state index is 0.0309. The van der Waals surface area contributed by atoms with E-state index in [4.69, 9.17) is 21.1 Å². The van der Waals surface area contributed by atoms with Crippen molar-refractivity contribution in [2.45, 2.75) is 6.92 Å². The smallest absolute Gasteiger partial charge is 0.280 e. The summed E-state index contributed by atoms with van der Waals surface area (Å²) in [7, 11) is 2.92. The molecule has 2 aromatic carbocycles. The fourth-order valence-corrected chi connectivity index (χ4v) is 4.06. The van der Waals surface area contributed by atoms with Gasteiger partial charge in [0.05, 0.1) is 34.7 Å². The molecule has 8 nitrogen and oxygen atoms in total. The van der Waals surface area contributed by atoms with Gasteiger partial charge in [-0.3, -0.25) is 25.2 Å². The summed E-state index contributed by atoms with van der Waals surface area (Å²) in [6.07, 6.45) is 0. The highest BCUT2D eigenvalue weighted by atomic mass is 35.5. The molecule has 0 atom stereocenters. The summed E-state index contributed by atoms with van der Waals surface area (Å²) in [6, 6.07) is 9.60. The van der Waals surface area contributed by atoms with Crippen LogP contribution in [0.4, 0.5) is 9.39 Å². The number of nitrogens with one attached hydrogen (secondary N) is 3. The molecule has 3 amide bonds. The molecule has 0 unspecified atom stereocenters. The van der Waals surface area contributed by atoms with Crippen LogP contribution in [0.15, 0.2) is 42.5 Å². The number of halogens is 2. The number of methoxy groups -OCH3 is 2. The van der Waals surface area contributed by atoms with Gasteiger partial charge in [0.15, 0.2) is 11.5 Å². The van der Waals surface area contributed by atoms with Crippen molar-refractivity contribution < 1.29 is 28.2 Å². The van der Waals surface area contributed by atoms with E-state index in [1.807, 2.05) is 0 Å². The molecule has 3 N–H and O–H groups in total. The third-order valence-electron chi connectivity index (χ3n) is 4.47. The molecule has 3 rings (SSSR count). The van der Waals surface area contributed by atoms with Crippen molar-refractivity contribution in [3.8, 4) is 11.5 Å². The van der Waals surface area contributed by atoms with Crippen LogP contribution >= 0.6 is 22.9 Å². The number of hydrazine groups is 1. The lowest BCUT2D eigenvalue weighted by molar-refractivity contribution is 0.0848. The second-order valence-electron chi connectivity index (χ2n) is 6.68. The molecule has 3 aromatic rings. The van der Waals surface area contributed by atoms with Crippen molar-refractivity contribution in [2.24, 2.45) is 0 Å². The maximum Gasteiger partial charge on any atom is 0.280 e. The number of amides is 3. The Morgan fingerprint density at radius 1 is 0.909 bits per heavy atom. The van der Waals surface area contributed by atoms with Gasteiger partial charge in [0.25, 0.3) is 17.7 Å². The van der Waals surface area contributed by atoms with Gasteiger partial charge >= 0.3 is 0 Å². The Kier molecular flexibility index (Phi) is 7.52.